The summed E-state index contributed by atoms with van der Waals surface area (Å²) < 4.78 is 1.88. The zero-order chi connectivity index (χ0) is 13.4. The van der Waals surface area contributed by atoms with Crippen LogP contribution in [0.4, 0.5) is 0 Å². The molecule has 0 saturated heterocycles. The molecule has 1 aromatic heterocycles. The fraction of sp³-hybridized carbons (Fsp3) is 0.200. The Kier molecular flexibility index (Phi) is 2.71. The van der Waals surface area contributed by atoms with Crippen molar-refractivity contribution in [3.05, 3.63) is 59.4 Å². The molecule has 0 radical (unpaired) electrons. The van der Waals surface area contributed by atoms with E-state index in [4.69, 9.17) is 5.73 Å². The lowest BCUT2D eigenvalue weighted by Gasteiger charge is -2.05. The molecule has 4 heteroatoms. The van der Waals surface area contributed by atoms with E-state index in [0.29, 0.717) is 30.8 Å². The molecule has 1 aliphatic rings. The molecule has 0 aliphatic heterocycles. The van der Waals surface area contributed by atoms with E-state index in [-0.39, 0.29) is 5.78 Å². The van der Waals surface area contributed by atoms with E-state index in [1.807, 2.05) is 35.0 Å². The molecule has 2 N–H and O–H groups in total. The first-order valence-corrected chi connectivity index (χ1v) is 6.24. The predicted molar refractivity (Wildman–Crippen MR) is 73.4 cm³/mol. The van der Waals surface area contributed by atoms with Crippen LogP contribution in [0, 0.1) is 0 Å². The molecule has 1 heterocycles. The topological polar surface area (TPSA) is 60.9 Å². The van der Waals surface area contributed by atoms with Gasteiger partial charge in [0.15, 0.2) is 0 Å². The first-order chi connectivity index (χ1) is 9.15. The fourth-order valence-electron chi connectivity index (χ4n) is 2.51. The Balaban J connectivity index is 2.01. The van der Waals surface area contributed by atoms with Crippen LogP contribution in [0.1, 0.15) is 22.5 Å². The number of hydrogen-bond acceptors (Lipinski definition) is 3. The first-order valence-electron chi connectivity index (χ1n) is 6.24. The van der Waals surface area contributed by atoms with Crippen molar-refractivity contribution < 1.29 is 4.79 Å². The second-order valence-corrected chi connectivity index (χ2v) is 4.83. The lowest BCUT2D eigenvalue weighted by molar-refractivity contribution is -0.117. The average Bonchev–Trinajstić information content (AvgIpc) is 2.90. The molecule has 0 fully saturated rings. The van der Waals surface area contributed by atoms with Crippen LogP contribution < -0.4 is 5.73 Å². The van der Waals surface area contributed by atoms with Crippen LogP contribution >= 0.6 is 0 Å². The maximum atomic E-state index is 11.6. The predicted octanol–water partition coefficient (Wildman–Crippen LogP) is 1.53. The Morgan fingerprint density at radius 2 is 2.05 bits per heavy atom. The molecule has 0 unspecified atom stereocenters. The maximum absolute atomic E-state index is 11.6. The van der Waals surface area contributed by atoms with Crippen molar-refractivity contribution >= 4 is 11.5 Å². The van der Waals surface area contributed by atoms with Gasteiger partial charge < -0.3 is 5.73 Å². The summed E-state index contributed by atoms with van der Waals surface area (Å²) in [6.07, 6.45) is 0.873. The number of aromatic nitrogens is 2. The van der Waals surface area contributed by atoms with Gasteiger partial charge in [0, 0.05) is 18.4 Å². The zero-order valence-electron chi connectivity index (χ0n) is 10.6. The van der Waals surface area contributed by atoms with Crippen molar-refractivity contribution in [1.29, 1.82) is 0 Å². The van der Waals surface area contributed by atoms with Crippen molar-refractivity contribution in [1.82, 2.24) is 9.78 Å². The smallest absolute Gasteiger partial charge is 0.143 e. The Hall–Kier alpha value is -2.36. The van der Waals surface area contributed by atoms with Gasteiger partial charge in [-0.05, 0) is 5.56 Å². The van der Waals surface area contributed by atoms with Gasteiger partial charge in [-0.15, -0.1) is 0 Å². The third kappa shape index (κ3) is 2.05. The molecular formula is C15H15N3O. The molecule has 1 aromatic carbocycles. The zero-order valence-corrected chi connectivity index (χ0v) is 10.6. The number of fused-ring (bicyclic) bond motifs is 1. The van der Waals surface area contributed by atoms with Crippen LogP contribution in [0.5, 0.6) is 0 Å². The van der Waals surface area contributed by atoms with Crippen molar-refractivity contribution in [2.24, 2.45) is 5.73 Å². The number of benzene rings is 1. The maximum Gasteiger partial charge on any atom is 0.143 e. The second-order valence-electron chi connectivity index (χ2n) is 4.83. The lowest BCUT2D eigenvalue weighted by atomic mass is 10.1. The average molecular weight is 253 g/mol. The molecule has 96 valence electrons. The van der Waals surface area contributed by atoms with Gasteiger partial charge >= 0.3 is 0 Å². The number of carbonyl (C=O) groups is 1. The van der Waals surface area contributed by atoms with Crippen molar-refractivity contribution in [2.75, 3.05) is 0 Å². The largest absolute Gasteiger partial charge is 0.397 e. The van der Waals surface area contributed by atoms with Gasteiger partial charge in [-0.1, -0.05) is 36.9 Å². The highest BCUT2D eigenvalue weighted by atomic mass is 16.1. The first kappa shape index (κ1) is 11.7. The molecule has 0 spiro atoms. The second kappa shape index (κ2) is 4.39. The van der Waals surface area contributed by atoms with E-state index in [0.717, 1.165) is 16.8 Å². The summed E-state index contributed by atoms with van der Waals surface area (Å²) in [5, 5.41) is 4.50. The summed E-state index contributed by atoms with van der Waals surface area (Å²) in [5.41, 5.74) is 9.95. The summed E-state index contributed by atoms with van der Waals surface area (Å²) in [4.78, 5) is 11.6. The van der Waals surface area contributed by atoms with Crippen molar-refractivity contribution in [3.63, 3.8) is 0 Å². The minimum absolute atomic E-state index is 0.219. The number of nitrogens with two attached hydrogens (primary N) is 1. The Bertz CT molecular complexity index is 656. The van der Waals surface area contributed by atoms with Gasteiger partial charge in [-0.2, -0.15) is 5.10 Å². The number of rotatable bonds is 3. The van der Waals surface area contributed by atoms with Crippen LogP contribution in [0.2, 0.25) is 0 Å². The molecule has 4 nitrogen and oxygen atoms in total. The molecule has 0 amide bonds. The summed E-state index contributed by atoms with van der Waals surface area (Å²) in [6, 6.07) is 10.1. The minimum Gasteiger partial charge on any atom is -0.397 e. The van der Waals surface area contributed by atoms with E-state index < -0.39 is 0 Å². The van der Waals surface area contributed by atoms with Gasteiger partial charge in [0.05, 0.1) is 17.9 Å². The third-order valence-corrected chi connectivity index (χ3v) is 3.38. The summed E-state index contributed by atoms with van der Waals surface area (Å²) in [5.74, 6) is 0.219. The van der Waals surface area contributed by atoms with Gasteiger partial charge in [-0.25, -0.2) is 0 Å². The number of carbonyl (C=O) groups excluding carboxylic acids is 1. The molecule has 2 aromatic rings. The molecule has 0 saturated carbocycles. The number of Topliss-reactive ketones (excluding diaryl/α,β-unsaturated/α-hetero) is 1. The van der Waals surface area contributed by atoms with E-state index in [2.05, 4.69) is 11.7 Å². The highest BCUT2D eigenvalue weighted by Crippen LogP contribution is 2.26. The third-order valence-electron chi connectivity index (χ3n) is 3.38. The van der Waals surface area contributed by atoms with Crippen molar-refractivity contribution in [3.8, 4) is 0 Å². The monoisotopic (exact) mass is 253 g/mol. The van der Waals surface area contributed by atoms with Crippen LogP contribution in [-0.4, -0.2) is 15.6 Å². The van der Waals surface area contributed by atoms with E-state index in [1.54, 1.807) is 0 Å². The van der Waals surface area contributed by atoms with Gasteiger partial charge in [0.2, 0.25) is 0 Å². The van der Waals surface area contributed by atoms with E-state index >= 15 is 0 Å². The Morgan fingerprint density at radius 3 is 2.74 bits per heavy atom. The Morgan fingerprint density at radius 1 is 1.32 bits per heavy atom. The number of nitrogens with zero attached hydrogens (tertiary/aromatic N) is 2. The lowest BCUT2D eigenvalue weighted by Crippen LogP contribution is -2.09. The van der Waals surface area contributed by atoms with Gasteiger partial charge in [0.1, 0.15) is 11.5 Å². The quantitative estimate of drug-likeness (QED) is 0.902. The molecule has 0 bridgehead atoms. The van der Waals surface area contributed by atoms with Crippen molar-refractivity contribution in [2.45, 2.75) is 19.4 Å². The van der Waals surface area contributed by atoms with Gasteiger partial charge in [0.25, 0.3) is 0 Å². The highest BCUT2D eigenvalue weighted by molar-refractivity contribution is 5.89. The highest BCUT2D eigenvalue weighted by Gasteiger charge is 2.28. The number of hydrogen-bond donors (Lipinski definition) is 1. The molecule has 1 aliphatic carbocycles. The van der Waals surface area contributed by atoms with E-state index in [9.17, 15) is 4.79 Å². The van der Waals surface area contributed by atoms with E-state index in [1.165, 1.54) is 0 Å². The summed E-state index contributed by atoms with van der Waals surface area (Å²) >= 11 is 0. The molecule has 19 heavy (non-hydrogen) atoms. The van der Waals surface area contributed by atoms with Crippen LogP contribution in [0.3, 0.4) is 0 Å². The molecule has 3 rings (SSSR count). The van der Waals surface area contributed by atoms with Crippen LogP contribution in [0.25, 0.3) is 5.70 Å². The van der Waals surface area contributed by atoms with Crippen LogP contribution in [-0.2, 0) is 24.2 Å². The summed E-state index contributed by atoms with van der Waals surface area (Å²) in [6.45, 7) is 4.40. The SMILES string of the molecule is C=C(N)c1nn(Cc2ccccc2)c2c1CC(=O)C2. The normalized spacial score (nSPS) is 13.6. The standard InChI is InChI=1S/C15H15N3O/c1-10(16)15-13-7-12(19)8-14(13)18(17-15)9-11-5-3-2-4-6-11/h2-6H,1,7-9,16H2. The molecular weight excluding hydrogens is 238 g/mol. The van der Waals surface area contributed by atoms with Gasteiger partial charge in [-0.3, -0.25) is 9.48 Å². The molecule has 0 atom stereocenters. The fourth-order valence-corrected chi connectivity index (χ4v) is 2.51. The van der Waals surface area contributed by atoms with Crippen LogP contribution in [0.15, 0.2) is 36.9 Å². The summed E-state index contributed by atoms with van der Waals surface area (Å²) in [7, 11) is 0. The number of ketones is 1. The minimum atomic E-state index is 0.219. The Labute approximate surface area is 111 Å².